The molecule has 1 amide bonds. The van der Waals surface area contributed by atoms with E-state index in [0.717, 1.165) is 36.6 Å². The van der Waals surface area contributed by atoms with E-state index in [1.165, 1.54) is 11.1 Å². The van der Waals surface area contributed by atoms with Crippen LogP contribution in [0.5, 0.6) is 0 Å². The van der Waals surface area contributed by atoms with E-state index in [0.29, 0.717) is 18.2 Å². The van der Waals surface area contributed by atoms with Gasteiger partial charge in [-0.2, -0.15) is 5.10 Å². The first-order valence-electron chi connectivity index (χ1n) is 9.71. The maximum absolute atomic E-state index is 12.5. The summed E-state index contributed by atoms with van der Waals surface area (Å²) in [4.78, 5) is 19.4. The molecule has 3 aromatic rings. The maximum Gasteiger partial charge on any atom is 0.272 e. The van der Waals surface area contributed by atoms with Crippen LogP contribution in [0.1, 0.15) is 52.6 Å². The van der Waals surface area contributed by atoms with Gasteiger partial charge in [0.15, 0.2) is 0 Å². The summed E-state index contributed by atoms with van der Waals surface area (Å²) >= 11 is 0. The Labute approximate surface area is 165 Å². The minimum absolute atomic E-state index is 0.179. The van der Waals surface area contributed by atoms with Crippen LogP contribution in [0.25, 0.3) is 0 Å². The monoisotopic (exact) mass is 375 g/mol. The van der Waals surface area contributed by atoms with E-state index in [2.05, 4.69) is 63.5 Å². The average Bonchev–Trinajstić information content (AvgIpc) is 3.23. The Morgan fingerprint density at radius 3 is 2.82 bits per heavy atom. The summed E-state index contributed by atoms with van der Waals surface area (Å²) in [5.41, 5.74) is 5.13. The molecule has 3 heterocycles. The Morgan fingerprint density at radius 1 is 1.21 bits per heavy atom. The van der Waals surface area contributed by atoms with Crippen molar-refractivity contribution in [1.29, 1.82) is 0 Å². The van der Waals surface area contributed by atoms with Gasteiger partial charge in [-0.1, -0.05) is 44.2 Å². The lowest BCUT2D eigenvalue weighted by molar-refractivity contribution is 0.0946. The van der Waals surface area contributed by atoms with Crippen LogP contribution in [-0.2, 0) is 19.5 Å². The number of hydrogen-bond acceptors (Lipinski definition) is 4. The highest BCUT2D eigenvalue weighted by Gasteiger charge is 2.20. The topological polar surface area (TPSA) is 73.9 Å². The van der Waals surface area contributed by atoms with Gasteiger partial charge in [-0.25, -0.2) is 4.98 Å². The van der Waals surface area contributed by atoms with Crippen molar-refractivity contribution < 1.29 is 4.79 Å². The van der Waals surface area contributed by atoms with Gasteiger partial charge in [0.1, 0.15) is 11.5 Å². The lowest BCUT2D eigenvalue weighted by atomic mass is 9.99. The molecule has 144 valence electrons. The first kappa shape index (κ1) is 18.2. The fraction of sp³-hybridized carbons (Fsp3) is 0.318. The number of fused-ring (bicyclic) bond motifs is 1. The number of H-pyrrole nitrogens is 1. The predicted octanol–water partition coefficient (Wildman–Crippen LogP) is 3.42. The zero-order valence-electron chi connectivity index (χ0n) is 16.3. The Bertz CT molecular complexity index is 978. The van der Waals surface area contributed by atoms with E-state index in [1.807, 2.05) is 24.4 Å². The molecule has 1 aliphatic heterocycles. The molecule has 0 atom stereocenters. The molecular weight excluding hydrogens is 350 g/mol. The van der Waals surface area contributed by atoms with Crippen LogP contribution in [0.4, 0.5) is 5.82 Å². The van der Waals surface area contributed by atoms with E-state index < -0.39 is 0 Å². The molecule has 0 spiro atoms. The van der Waals surface area contributed by atoms with E-state index in [4.69, 9.17) is 0 Å². The summed E-state index contributed by atoms with van der Waals surface area (Å²) in [6.45, 7) is 6.31. The Balaban J connectivity index is 1.47. The number of benzene rings is 1. The molecule has 0 saturated heterocycles. The van der Waals surface area contributed by atoms with Crippen LogP contribution in [0, 0.1) is 0 Å². The van der Waals surface area contributed by atoms with Gasteiger partial charge in [0, 0.05) is 37.1 Å². The van der Waals surface area contributed by atoms with E-state index in [9.17, 15) is 4.79 Å². The first-order chi connectivity index (χ1) is 13.6. The number of nitrogens with zero attached hydrogens (tertiary/aromatic N) is 3. The number of aromatic amines is 1. The highest BCUT2D eigenvalue weighted by Crippen LogP contribution is 2.25. The molecule has 0 bridgehead atoms. The van der Waals surface area contributed by atoms with Gasteiger partial charge in [-0.15, -0.1) is 0 Å². The van der Waals surface area contributed by atoms with E-state index in [1.54, 1.807) is 0 Å². The molecule has 6 heteroatoms. The number of anilines is 1. The summed E-state index contributed by atoms with van der Waals surface area (Å²) in [5.74, 6) is 1.06. The second-order valence-corrected chi connectivity index (χ2v) is 7.47. The summed E-state index contributed by atoms with van der Waals surface area (Å²) < 4.78 is 0. The number of nitrogens with one attached hydrogen (secondary N) is 2. The van der Waals surface area contributed by atoms with Gasteiger partial charge < -0.3 is 10.2 Å². The molecule has 0 saturated carbocycles. The van der Waals surface area contributed by atoms with Crippen LogP contribution in [0.2, 0.25) is 0 Å². The third-order valence-electron chi connectivity index (χ3n) is 5.19. The average molecular weight is 375 g/mol. The van der Waals surface area contributed by atoms with Crippen LogP contribution >= 0.6 is 0 Å². The number of carbonyl (C=O) groups is 1. The van der Waals surface area contributed by atoms with Crippen molar-refractivity contribution in [2.24, 2.45) is 0 Å². The number of rotatable bonds is 5. The Hall–Kier alpha value is -3.15. The van der Waals surface area contributed by atoms with Crippen LogP contribution in [0.3, 0.4) is 0 Å². The van der Waals surface area contributed by atoms with Gasteiger partial charge in [-0.3, -0.25) is 9.89 Å². The molecule has 2 aromatic heterocycles. The Morgan fingerprint density at radius 2 is 2.04 bits per heavy atom. The molecule has 6 nitrogen and oxygen atoms in total. The largest absolute Gasteiger partial charge is 0.352 e. The van der Waals surface area contributed by atoms with Gasteiger partial charge in [-0.05, 0) is 35.6 Å². The maximum atomic E-state index is 12.5. The van der Waals surface area contributed by atoms with Gasteiger partial charge in [0.05, 0.1) is 0 Å². The van der Waals surface area contributed by atoms with Crippen molar-refractivity contribution in [2.75, 3.05) is 11.4 Å². The lowest BCUT2D eigenvalue weighted by Crippen LogP contribution is -2.32. The quantitative estimate of drug-likeness (QED) is 0.717. The molecule has 0 unspecified atom stereocenters. The van der Waals surface area contributed by atoms with Crippen molar-refractivity contribution in [3.05, 3.63) is 76.7 Å². The lowest BCUT2D eigenvalue weighted by Gasteiger charge is -2.31. The number of pyridine rings is 1. The fourth-order valence-corrected chi connectivity index (χ4v) is 3.54. The van der Waals surface area contributed by atoms with Crippen molar-refractivity contribution in [3.63, 3.8) is 0 Å². The highest BCUT2D eigenvalue weighted by atomic mass is 16.1. The number of aromatic nitrogens is 3. The normalized spacial score (nSPS) is 13.5. The highest BCUT2D eigenvalue weighted by molar-refractivity contribution is 5.92. The van der Waals surface area contributed by atoms with E-state index in [-0.39, 0.29) is 5.91 Å². The summed E-state index contributed by atoms with van der Waals surface area (Å²) in [6.07, 6.45) is 2.81. The smallest absolute Gasteiger partial charge is 0.272 e. The summed E-state index contributed by atoms with van der Waals surface area (Å²) in [6, 6.07) is 14.3. The van der Waals surface area contributed by atoms with Crippen molar-refractivity contribution >= 4 is 11.7 Å². The second kappa shape index (κ2) is 7.84. The van der Waals surface area contributed by atoms with Crippen LogP contribution in [0.15, 0.2) is 48.7 Å². The minimum atomic E-state index is -0.179. The minimum Gasteiger partial charge on any atom is -0.352 e. The second-order valence-electron chi connectivity index (χ2n) is 7.47. The van der Waals surface area contributed by atoms with Crippen LogP contribution < -0.4 is 10.2 Å². The number of carbonyl (C=O) groups excluding carboxylic acids is 1. The van der Waals surface area contributed by atoms with Gasteiger partial charge in [0.25, 0.3) is 5.91 Å². The third-order valence-corrected chi connectivity index (χ3v) is 5.19. The van der Waals surface area contributed by atoms with E-state index >= 15 is 0 Å². The van der Waals surface area contributed by atoms with Gasteiger partial charge in [0.2, 0.25) is 0 Å². The standard InChI is InChI=1S/C22H25N5O/c1-15(2)19-12-20(26-25-19)22(28)24-13-17-8-5-10-23-21(17)27-11-9-16-6-3-4-7-18(16)14-27/h3-8,10,12,15H,9,11,13-14H2,1-2H3,(H,24,28)(H,25,26). The van der Waals surface area contributed by atoms with Crippen molar-refractivity contribution in [1.82, 2.24) is 20.5 Å². The first-order valence-corrected chi connectivity index (χ1v) is 9.71. The Kier molecular flexibility index (Phi) is 5.10. The zero-order valence-corrected chi connectivity index (χ0v) is 16.3. The predicted molar refractivity (Wildman–Crippen MR) is 109 cm³/mol. The van der Waals surface area contributed by atoms with Crippen LogP contribution in [-0.4, -0.2) is 27.6 Å². The number of hydrogen-bond donors (Lipinski definition) is 2. The SMILES string of the molecule is CC(C)c1cc(C(=O)NCc2cccnc2N2CCc3ccccc3C2)n[nH]1. The third kappa shape index (κ3) is 3.76. The molecule has 1 aromatic carbocycles. The summed E-state index contributed by atoms with van der Waals surface area (Å²) in [7, 11) is 0. The van der Waals surface area contributed by atoms with Crippen molar-refractivity contribution in [2.45, 2.75) is 39.3 Å². The van der Waals surface area contributed by atoms with Crippen molar-refractivity contribution in [3.8, 4) is 0 Å². The molecule has 0 aliphatic carbocycles. The molecule has 0 radical (unpaired) electrons. The van der Waals surface area contributed by atoms with Gasteiger partial charge >= 0.3 is 0 Å². The molecular formula is C22H25N5O. The fourth-order valence-electron chi connectivity index (χ4n) is 3.54. The molecule has 28 heavy (non-hydrogen) atoms. The molecule has 2 N–H and O–H groups in total. The zero-order chi connectivity index (χ0) is 19.5. The molecule has 4 rings (SSSR count). The summed E-state index contributed by atoms with van der Waals surface area (Å²) in [5, 5.41) is 10.0. The molecule has 1 aliphatic rings. The molecule has 0 fully saturated rings. The number of amides is 1.